The normalized spacial score (nSPS) is 11.5. The van der Waals surface area contributed by atoms with Gasteiger partial charge in [0.1, 0.15) is 0 Å². The molecule has 0 atom stereocenters. The number of carbonyl (C=O) groups is 1. The maximum atomic E-state index is 11.1. The van der Waals surface area contributed by atoms with E-state index in [4.69, 9.17) is 4.74 Å². The number of guanidine groups is 1. The molecule has 0 amide bonds. The van der Waals surface area contributed by atoms with Crippen LogP contribution in [0.1, 0.15) is 47.5 Å². The van der Waals surface area contributed by atoms with Crippen LogP contribution >= 0.6 is 24.0 Å². The van der Waals surface area contributed by atoms with Gasteiger partial charge in [-0.1, -0.05) is 0 Å². The highest BCUT2D eigenvalue weighted by molar-refractivity contribution is 14.0. The molecule has 19 heavy (non-hydrogen) atoms. The van der Waals surface area contributed by atoms with Gasteiger partial charge in [0.05, 0.1) is 6.61 Å². The Bertz CT molecular complexity index is 276. The fraction of sp³-hybridized carbons (Fsp3) is 0.846. The highest BCUT2D eigenvalue weighted by Crippen LogP contribution is 1.99. The fourth-order valence-corrected chi connectivity index (χ4v) is 1.31. The zero-order valence-electron chi connectivity index (χ0n) is 12.7. The fourth-order valence-electron chi connectivity index (χ4n) is 1.31. The summed E-state index contributed by atoms with van der Waals surface area (Å²) in [5.74, 6) is 0.635. The molecule has 0 aromatic heterocycles. The summed E-state index contributed by atoms with van der Waals surface area (Å²) < 4.78 is 4.86. The van der Waals surface area contributed by atoms with Crippen molar-refractivity contribution in [3.8, 4) is 0 Å². The molecule has 0 aliphatic rings. The smallest absolute Gasteiger partial charge is 0.305 e. The minimum atomic E-state index is -0.151. The third kappa shape index (κ3) is 13.7. The average molecular weight is 385 g/mol. The lowest BCUT2D eigenvalue weighted by Crippen LogP contribution is -2.47. The molecule has 0 spiro atoms. The van der Waals surface area contributed by atoms with E-state index in [1.54, 1.807) is 0 Å². The molecule has 0 aliphatic carbocycles. The van der Waals surface area contributed by atoms with Gasteiger partial charge in [0, 0.05) is 25.0 Å². The summed E-state index contributed by atoms with van der Waals surface area (Å²) >= 11 is 0. The van der Waals surface area contributed by atoms with E-state index in [1.165, 1.54) is 0 Å². The molecule has 0 aromatic carbocycles. The van der Waals surface area contributed by atoms with Gasteiger partial charge in [-0.25, -0.2) is 0 Å². The van der Waals surface area contributed by atoms with E-state index in [0.29, 0.717) is 26.0 Å². The van der Waals surface area contributed by atoms with E-state index in [0.717, 1.165) is 12.5 Å². The van der Waals surface area contributed by atoms with Gasteiger partial charge in [0.25, 0.3) is 0 Å². The van der Waals surface area contributed by atoms with Crippen LogP contribution in [0.2, 0.25) is 0 Å². The maximum absolute atomic E-state index is 11.1. The van der Waals surface area contributed by atoms with Crippen molar-refractivity contribution in [1.29, 1.82) is 0 Å². The molecule has 0 saturated carbocycles. The molecule has 0 rings (SSSR count). The number of rotatable bonds is 6. The number of carbonyl (C=O) groups excluding carboxylic acids is 1. The van der Waals surface area contributed by atoms with Gasteiger partial charge in [0.15, 0.2) is 5.96 Å². The van der Waals surface area contributed by atoms with Crippen LogP contribution in [-0.4, -0.2) is 37.2 Å². The van der Waals surface area contributed by atoms with Crippen molar-refractivity contribution in [1.82, 2.24) is 10.6 Å². The monoisotopic (exact) mass is 385 g/mol. The molecule has 114 valence electrons. The van der Waals surface area contributed by atoms with Gasteiger partial charge in [0.2, 0.25) is 0 Å². The summed E-state index contributed by atoms with van der Waals surface area (Å²) in [7, 11) is 0. The minimum absolute atomic E-state index is 0. The molecular formula is C13H28IN3O2. The van der Waals surface area contributed by atoms with Gasteiger partial charge in [-0.15, -0.1) is 24.0 Å². The zero-order valence-corrected chi connectivity index (χ0v) is 15.0. The van der Waals surface area contributed by atoms with Crippen LogP contribution in [0.25, 0.3) is 0 Å². The van der Waals surface area contributed by atoms with Crippen molar-refractivity contribution >= 4 is 35.9 Å². The molecule has 5 nitrogen and oxygen atoms in total. The van der Waals surface area contributed by atoms with Crippen LogP contribution in [0.3, 0.4) is 0 Å². The van der Waals surface area contributed by atoms with E-state index in [9.17, 15) is 4.79 Å². The second kappa shape index (κ2) is 11.3. The number of nitrogens with zero attached hydrogens (tertiary/aromatic N) is 1. The van der Waals surface area contributed by atoms with Gasteiger partial charge in [-0.2, -0.15) is 0 Å². The number of halogens is 1. The second-order valence-electron chi connectivity index (χ2n) is 5.04. The van der Waals surface area contributed by atoms with E-state index >= 15 is 0 Å². The summed E-state index contributed by atoms with van der Waals surface area (Å²) in [6.07, 6.45) is 1.13. The van der Waals surface area contributed by atoms with Crippen molar-refractivity contribution in [3.05, 3.63) is 0 Å². The lowest BCUT2D eigenvalue weighted by atomic mass is 10.1. The Hall–Kier alpha value is -0.530. The van der Waals surface area contributed by atoms with Crippen LogP contribution in [0.5, 0.6) is 0 Å². The largest absolute Gasteiger partial charge is 0.466 e. The molecule has 0 bridgehead atoms. The molecule has 0 unspecified atom stereocenters. The number of esters is 1. The molecule has 0 heterocycles. The number of ether oxygens (including phenoxy) is 1. The van der Waals surface area contributed by atoms with Gasteiger partial charge >= 0.3 is 5.97 Å². The highest BCUT2D eigenvalue weighted by atomic mass is 127. The van der Waals surface area contributed by atoms with E-state index in [1.807, 2.05) is 13.8 Å². The number of hydrogen-bond acceptors (Lipinski definition) is 3. The molecular weight excluding hydrogens is 357 g/mol. The Kier molecular flexibility index (Phi) is 12.4. The summed E-state index contributed by atoms with van der Waals surface area (Å²) in [5.41, 5.74) is -0.0257. The first-order chi connectivity index (χ1) is 8.39. The molecule has 2 N–H and O–H groups in total. The topological polar surface area (TPSA) is 62.7 Å². The third-order valence-corrected chi connectivity index (χ3v) is 1.95. The Balaban J connectivity index is 0. The number of nitrogens with one attached hydrogen (secondary N) is 2. The van der Waals surface area contributed by atoms with Crippen LogP contribution < -0.4 is 10.6 Å². The summed E-state index contributed by atoms with van der Waals surface area (Å²) in [6, 6.07) is 0. The van der Waals surface area contributed by atoms with Crippen molar-refractivity contribution in [2.45, 2.75) is 53.0 Å². The Labute approximate surface area is 134 Å². The van der Waals surface area contributed by atoms with Crippen LogP contribution in [0.4, 0.5) is 0 Å². The molecule has 6 heteroatoms. The average Bonchev–Trinajstić information content (AvgIpc) is 2.23. The second-order valence-corrected chi connectivity index (χ2v) is 5.04. The zero-order chi connectivity index (χ0) is 14.0. The van der Waals surface area contributed by atoms with E-state index in [2.05, 4.69) is 36.4 Å². The maximum Gasteiger partial charge on any atom is 0.305 e. The van der Waals surface area contributed by atoms with Gasteiger partial charge in [-0.3, -0.25) is 9.79 Å². The quantitative estimate of drug-likeness (QED) is 0.242. The Morgan fingerprint density at radius 3 is 2.37 bits per heavy atom. The van der Waals surface area contributed by atoms with E-state index < -0.39 is 0 Å². The summed E-state index contributed by atoms with van der Waals surface area (Å²) in [4.78, 5) is 15.6. The number of aliphatic imine (C=N–C) groups is 1. The van der Waals surface area contributed by atoms with Crippen molar-refractivity contribution < 1.29 is 9.53 Å². The van der Waals surface area contributed by atoms with E-state index in [-0.39, 0.29) is 35.5 Å². The summed E-state index contributed by atoms with van der Waals surface area (Å²) in [6.45, 7) is 12.0. The predicted octanol–water partition coefficient (Wildman–Crippen LogP) is 2.30. The van der Waals surface area contributed by atoms with Crippen LogP contribution in [0.15, 0.2) is 4.99 Å². The Morgan fingerprint density at radius 1 is 1.26 bits per heavy atom. The molecule has 0 aromatic rings. The van der Waals surface area contributed by atoms with Crippen LogP contribution in [0, 0.1) is 0 Å². The molecule has 0 fully saturated rings. The Morgan fingerprint density at radius 2 is 1.89 bits per heavy atom. The SMILES string of the molecule is CCNC(=NCCCC(=O)OCC)NC(C)(C)C.I. The summed E-state index contributed by atoms with van der Waals surface area (Å²) in [5, 5.41) is 6.47. The first kappa shape index (κ1) is 20.8. The minimum Gasteiger partial charge on any atom is -0.466 e. The first-order valence-electron chi connectivity index (χ1n) is 6.61. The van der Waals surface area contributed by atoms with Crippen molar-refractivity contribution in [2.24, 2.45) is 4.99 Å². The van der Waals surface area contributed by atoms with Crippen molar-refractivity contribution in [3.63, 3.8) is 0 Å². The standard InChI is InChI=1S/C13H27N3O2.HI/c1-6-14-12(16-13(3,4)5)15-10-8-9-11(17)18-7-2;/h6-10H2,1-5H3,(H2,14,15,16);1H. The van der Waals surface area contributed by atoms with Crippen molar-refractivity contribution in [2.75, 3.05) is 19.7 Å². The van der Waals surface area contributed by atoms with Gasteiger partial charge in [-0.05, 0) is 41.0 Å². The molecule has 0 saturated heterocycles. The van der Waals surface area contributed by atoms with Gasteiger partial charge < -0.3 is 15.4 Å². The highest BCUT2D eigenvalue weighted by Gasteiger charge is 2.11. The third-order valence-electron chi connectivity index (χ3n) is 1.95. The van der Waals surface area contributed by atoms with Crippen LogP contribution in [-0.2, 0) is 9.53 Å². The predicted molar refractivity (Wildman–Crippen MR) is 90.1 cm³/mol. The lowest BCUT2D eigenvalue weighted by Gasteiger charge is -2.23. The molecule has 0 radical (unpaired) electrons. The number of hydrogen-bond donors (Lipinski definition) is 2. The lowest BCUT2D eigenvalue weighted by molar-refractivity contribution is -0.143. The first-order valence-corrected chi connectivity index (χ1v) is 6.61. The molecule has 0 aliphatic heterocycles.